The molecule has 31 heavy (non-hydrogen) atoms. The van der Waals surface area contributed by atoms with Crippen molar-refractivity contribution in [2.75, 3.05) is 0 Å². The summed E-state index contributed by atoms with van der Waals surface area (Å²) in [6.07, 6.45) is 13.3. The Balaban J connectivity index is 0.000000785. The predicted molar refractivity (Wildman–Crippen MR) is 131 cm³/mol. The van der Waals surface area contributed by atoms with E-state index in [1.54, 1.807) is 5.56 Å². The van der Waals surface area contributed by atoms with Crippen LogP contribution in [0.1, 0.15) is 140 Å². The van der Waals surface area contributed by atoms with E-state index in [-0.39, 0.29) is 10.8 Å². The first-order chi connectivity index (χ1) is 14.3. The molecule has 0 atom stereocenters. The summed E-state index contributed by atoms with van der Waals surface area (Å²) in [6.45, 7) is 14.0. The molecule has 1 aromatic rings. The van der Waals surface area contributed by atoms with Crippen LogP contribution in [0.15, 0.2) is 6.07 Å². The lowest BCUT2D eigenvalue weighted by molar-refractivity contribution is 0.368. The molecule has 0 amide bonds. The Morgan fingerprint density at radius 2 is 1.06 bits per heavy atom. The van der Waals surface area contributed by atoms with Crippen LogP contribution >= 0.6 is 8.60 Å². The fourth-order valence-electron chi connectivity index (χ4n) is 5.87. The van der Waals surface area contributed by atoms with E-state index in [0.717, 1.165) is 0 Å². The van der Waals surface area contributed by atoms with Gasteiger partial charge in [0.15, 0.2) is 0 Å². The minimum Gasteiger partial charge on any atom is -0.508 e. The third kappa shape index (κ3) is 7.16. The molecule has 4 nitrogen and oxygen atoms in total. The van der Waals surface area contributed by atoms with E-state index in [1.807, 2.05) is 0 Å². The third-order valence-electron chi connectivity index (χ3n) is 6.93. The van der Waals surface area contributed by atoms with Gasteiger partial charge in [-0.1, -0.05) is 80.1 Å². The summed E-state index contributed by atoms with van der Waals surface area (Å²) in [7, 11) is -2.62. The summed E-state index contributed by atoms with van der Waals surface area (Å²) in [6, 6.07) is 2.18. The number of hydrogen-bond donors (Lipinski definition) is 4. The van der Waals surface area contributed by atoms with Gasteiger partial charge in [-0.25, -0.2) is 0 Å². The predicted octanol–water partition coefficient (Wildman–Crippen LogP) is 7.27. The van der Waals surface area contributed by atoms with Crippen LogP contribution in [0.3, 0.4) is 0 Å². The molecule has 0 radical (unpaired) electrons. The first kappa shape index (κ1) is 26.6. The fraction of sp³-hybridized carbons (Fsp3) is 0.769. The van der Waals surface area contributed by atoms with E-state index in [1.165, 1.54) is 80.9 Å². The molecule has 5 heteroatoms. The molecule has 3 rings (SSSR count). The molecule has 0 aromatic heterocycles. The Kier molecular flexibility index (Phi) is 9.40. The highest BCUT2D eigenvalue weighted by molar-refractivity contribution is 7.38. The van der Waals surface area contributed by atoms with E-state index in [4.69, 9.17) is 14.7 Å². The van der Waals surface area contributed by atoms with Crippen molar-refractivity contribution in [2.24, 2.45) is 0 Å². The van der Waals surface area contributed by atoms with Gasteiger partial charge in [-0.05, 0) is 71.1 Å². The van der Waals surface area contributed by atoms with Crippen molar-refractivity contribution in [3.05, 3.63) is 28.3 Å². The molecule has 0 unspecified atom stereocenters. The molecule has 1 aromatic carbocycles. The van der Waals surface area contributed by atoms with Gasteiger partial charge in [0.05, 0.1) is 0 Å². The van der Waals surface area contributed by atoms with Crippen molar-refractivity contribution in [3.63, 3.8) is 0 Å². The van der Waals surface area contributed by atoms with Crippen LogP contribution in [0.4, 0.5) is 0 Å². The molecule has 0 spiro atoms. The summed E-state index contributed by atoms with van der Waals surface area (Å²) >= 11 is 0. The van der Waals surface area contributed by atoms with Gasteiger partial charge in [-0.15, -0.1) is 0 Å². The Hall–Kier alpha value is -0.670. The van der Waals surface area contributed by atoms with Crippen molar-refractivity contribution in [1.82, 2.24) is 0 Å². The van der Waals surface area contributed by atoms with Crippen LogP contribution in [0.25, 0.3) is 0 Å². The first-order valence-corrected chi connectivity index (χ1v) is 13.3. The SMILES string of the molecule is CC(C)(C)c1c(O)cc(C2CCCCC2)c(C(C)(C)C)c1C1CCCCC1.OP(O)O. The van der Waals surface area contributed by atoms with Gasteiger partial charge >= 0.3 is 8.60 Å². The van der Waals surface area contributed by atoms with Gasteiger partial charge in [0, 0.05) is 5.56 Å². The second-order valence-electron chi connectivity index (χ2n) is 11.6. The quantitative estimate of drug-likeness (QED) is 0.356. The van der Waals surface area contributed by atoms with E-state index in [0.29, 0.717) is 17.6 Å². The summed E-state index contributed by atoms with van der Waals surface area (Å²) in [5.74, 6) is 1.82. The van der Waals surface area contributed by atoms with Crippen molar-refractivity contribution in [2.45, 2.75) is 128 Å². The maximum atomic E-state index is 11.3. The second-order valence-corrected chi connectivity index (χ2v) is 12.1. The number of benzene rings is 1. The normalized spacial score (nSPS) is 19.3. The Morgan fingerprint density at radius 3 is 1.45 bits per heavy atom. The zero-order chi connectivity index (χ0) is 23.4. The van der Waals surface area contributed by atoms with Crippen molar-refractivity contribution in [3.8, 4) is 5.75 Å². The zero-order valence-electron chi connectivity index (χ0n) is 20.5. The zero-order valence-corrected chi connectivity index (χ0v) is 21.4. The largest absolute Gasteiger partial charge is 0.508 e. The summed E-state index contributed by atoms with van der Waals surface area (Å²) in [5.41, 5.74) is 5.93. The number of phenols is 1. The van der Waals surface area contributed by atoms with Crippen LogP contribution in [0, 0.1) is 0 Å². The molecule has 2 aliphatic rings. The van der Waals surface area contributed by atoms with Crippen LogP contribution in [0.5, 0.6) is 5.75 Å². The molecule has 0 aliphatic heterocycles. The van der Waals surface area contributed by atoms with Gasteiger partial charge in [0.1, 0.15) is 5.75 Å². The first-order valence-electron chi connectivity index (χ1n) is 12.1. The van der Waals surface area contributed by atoms with Gasteiger partial charge in [-0.3, -0.25) is 0 Å². The van der Waals surface area contributed by atoms with E-state index >= 15 is 0 Å². The standard InChI is InChI=1S/C26H42O.H3O3P/c1-25(2,3)23-20(18-13-9-7-10-14-18)17-21(27)24(26(4,5)6)22(23)19-15-11-8-12-16-19;1-4(2)3/h17-19,27H,7-16H2,1-6H3;1-3H. The van der Waals surface area contributed by atoms with E-state index < -0.39 is 8.60 Å². The molecular formula is C26H45O4P. The van der Waals surface area contributed by atoms with Gasteiger partial charge in [-0.2, -0.15) is 0 Å². The monoisotopic (exact) mass is 452 g/mol. The van der Waals surface area contributed by atoms with Gasteiger partial charge in [0.25, 0.3) is 0 Å². The summed E-state index contributed by atoms with van der Waals surface area (Å²) in [5, 5.41) is 11.3. The van der Waals surface area contributed by atoms with E-state index in [2.05, 4.69) is 47.6 Å². The minimum absolute atomic E-state index is 0.0258. The smallest absolute Gasteiger partial charge is 0.324 e. The molecule has 0 bridgehead atoms. The molecule has 4 N–H and O–H groups in total. The molecule has 0 heterocycles. The van der Waals surface area contributed by atoms with Crippen LogP contribution < -0.4 is 0 Å². The lowest BCUT2D eigenvalue weighted by atomic mass is 9.65. The second kappa shape index (κ2) is 11.0. The van der Waals surface area contributed by atoms with E-state index in [9.17, 15) is 5.11 Å². The molecule has 2 aliphatic carbocycles. The lowest BCUT2D eigenvalue weighted by Gasteiger charge is -2.39. The number of hydrogen-bond acceptors (Lipinski definition) is 4. The maximum Gasteiger partial charge on any atom is 0.324 e. The molecular weight excluding hydrogens is 407 g/mol. The van der Waals surface area contributed by atoms with Crippen LogP contribution in [0.2, 0.25) is 0 Å². The highest BCUT2D eigenvalue weighted by atomic mass is 31.2. The average Bonchev–Trinajstić information content (AvgIpc) is 2.66. The third-order valence-corrected chi connectivity index (χ3v) is 6.93. The summed E-state index contributed by atoms with van der Waals surface area (Å²) in [4.78, 5) is 21.7. The molecule has 178 valence electrons. The minimum atomic E-state index is -2.62. The maximum absolute atomic E-state index is 11.3. The topological polar surface area (TPSA) is 80.9 Å². The number of aromatic hydroxyl groups is 1. The summed E-state index contributed by atoms with van der Waals surface area (Å²) < 4.78 is 0. The van der Waals surface area contributed by atoms with Crippen molar-refractivity contribution < 1.29 is 19.8 Å². The molecule has 0 saturated heterocycles. The number of phenolic OH excluding ortho intramolecular Hbond substituents is 1. The van der Waals surface area contributed by atoms with Crippen molar-refractivity contribution >= 4 is 8.60 Å². The van der Waals surface area contributed by atoms with Gasteiger partial charge in [0.2, 0.25) is 0 Å². The fourth-order valence-corrected chi connectivity index (χ4v) is 5.87. The number of rotatable bonds is 2. The Morgan fingerprint density at radius 1 is 0.677 bits per heavy atom. The highest BCUT2D eigenvalue weighted by Gasteiger charge is 2.36. The van der Waals surface area contributed by atoms with Crippen LogP contribution in [-0.2, 0) is 10.8 Å². The lowest BCUT2D eigenvalue weighted by Crippen LogP contribution is -2.27. The molecule has 2 saturated carbocycles. The Bertz CT molecular complexity index is 701. The van der Waals surface area contributed by atoms with Gasteiger partial charge < -0.3 is 19.8 Å². The Labute approximate surface area is 191 Å². The van der Waals surface area contributed by atoms with Crippen LogP contribution in [-0.4, -0.2) is 19.8 Å². The average molecular weight is 453 g/mol. The highest BCUT2D eigenvalue weighted by Crippen LogP contribution is 2.51. The van der Waals surface area contributed by atoms with Crippen molar-refractivity contribution in [1.29, 1.82) is 0 Å². The molecule has 2 fully saturated rings.